The molecule has 0 atom stereocenters. The van der Waals surface area contributed by atoms with Gasteiger partial charge in [-0.1, -0.05) is 41.9 Å². The van der Waals surface area contributed by atoms with E-state index in [0.717, 1.165) is 11.6 Å². The van der Waals surface area contributed by atoms with Crippen LogP contribution in [0.3, 0.4) is 0 Å². The van der Waals surface area contributed by atoms with Gasteiger partial charge < -0.3 is 0 Å². The van der Waals surface area contributed by atoms with Crippen LogP contribution in [-0.4, -0.2) is 12.0 Å². The number of allylic oxidation sites excluding steroid dienone is 5. The lowest BCUT2D eigenvalue weighted by Crippen LogP contribution is -2.24. The summed E-state index contributed by atoms with van der Waals surface area (Å²) in [6.45, 7) is 0. The van der Waals surface area contributed by atoms with Gasteiger partial charge in [-0.25, -0.2) is 0 Å². The summed E-state index contributed by atoms with van der Waals surface area (Å²) in [5, 5.41) is 8.29. The van der Waals surface area contributed by atoms with Crippen molar-refractivity contribution >= 4 is 23.1 Å². The lowest BCUT2D eigenvalue weighted by atomic mass is 9.89. The molecule has 3 rings (SSSR count). The van der Waals surface area contributed by atoms with Crippen molar-refractivity contribution in [2.75, 3.05) is 0 Å². The Bertz CT molecular complexity index is 989. The molecule has 1 aliphatic carbocycles. The maximum absolute atomic E-state index is 13.3. The Balaban J connectivity index is 1.90. The molecule has 0 N–H and O–H groups in total. The number of ketones is 1. The number of carbonyl (C=O) groups is 1. The highest BCUT2D eigenvalue weighted by Crippen LogP contribution is 2.33. The number of carbonyl (C=O) groups excluding carboxylic acids is 1. The van der Waals surface area contributed by atoms with Crippen molar-refractivity contribution in [3.63, 3.8) is 0 Å². The summed E-state index contributed by atoms with van der Waals surface area (Å²) in [5.74, 6) is -1.02. The Morgan fingerprint density at radius 1 is 0.964 bits per heavy atom. The standard InChI is InChI=1S/C21H14ClF3N2O/c22-17-6-8-18(9-7-17)27-26-13-15-11-16(10-14-4-2-1-3-5-14)20(28)19(12-15)21(23,24)25/h1-9,11-13H,10H2. The van der Waals surface area contributed by atoms with Crippen LogP contribution in [0, 0.1) is 0 Å². The minimum absolute atomic E-state index is 0.0500. The van der Waals surface area contributed by atoms with E-state index in [9.17, 15) is 18.0 Å². The van der Waals surface area contributed by atoms with E-state index in [-0.39, 0.29) is 17.6 Å². The first-order chi connectivity index (χ1) is 13.3. The summed E-state index contributed by atoms with van der Waals surface area (Å²) in [7, 11) is 0. The first-order valence-corrected chi connectivity index (χ1v) is 8.65. The Kier molecular flexibility index (Phi) is 5.90. The van der Waals surface area contributed by atoms with Gasteiger partial charge in [0.1, 0.15) is 5.57 Å². The number of azo groups is 1. The number of benzene rings is 2. The van der Waals surface area contributed by atoms with E-state index >= 15 is 0 Å². The van der Waals surface area contributed by atoms with E-state index in [0.29, 0.717) is 10.7 Å². The number of halogens is 4. The molecule has 0 heterocycles. The molecular weight excluding hydrogens is 389 g/mol. The van der Waals surface area contributed by atoms with Crippen molar-refractivity contribution in [3.8, 4) is 0 Å². The smallest absolute Gasteiger partial charge is 0.289 e. The molecule has 0 bridgehead atoms. The highest BCUT2D eigenvalue weighted by atomic mass is 35.5. The van der Waals surface area contributed by atoms with Gasteiger partial charge in [-0.05, 0) is 47.6 Å². The van der Waals surface area contributed by atoms with Crippen LogP contribution in [0.1, 0.15) is 5.56 Å². The van der Waals surface area contributed by atoms with Gasteiger partial charge >= 0.3 is 6.18 Å². The van der Waals surface area contributed by atoms with Crippen molar-refractivity contribution in [2.45, 2.75) is 12.6 Å². The normalized spacial score (nSPS) is 16.4. The summed E-state index contributed by atoms with van der Waals surface area (Å²) in [5.41, 5.74) is 0.229. The molecule has 0 aromatic heterocycles. The minimum atomic E-state index is -4.75. The van der Waals surface area contributed by atoms with Gasteiger partial charge in [0, 0.05) is 17.0 Å². The second-order valence-electron chi connectivity index (χ2n) is 6.04. The lowest BCUT2D eigenvalue weighted by molar-refractivity contribution is -0.126. The van der Waals surface area contributed by atoms with Gasteiger partial charge in [0.25, 0.3) is 0 Å². The highest BCUT2D eigenvalue weighted by Gasteiger charge is 2.40. The number of alkyl halides is 3. The average molecular weight is 403 g/mol. The zero-order valence-corrected chi connectivity index (χ0v) is 15.2. The molecule has 1 aliphatic rings. The van der Waals surface area contributed by atoms with E-state index < -0.39 is 17.5 Å². The number of rotatable bonds is 4. The number of nitrogens with zero attached hydrogens (tertiary/aromatic N) is 2. The summed E-state index contributed by atoms with van der Waals surface area (Å²) < 4.78 is 39.9. The van der Waals surface area contributed by atoms with Crippen LogP contribution >= 0.6 is 11.6 Å². The van der Waals surface area contributed by atoms with E-state index in [1.807, 2.05) is 0 Å². The van der Waals surface area contributed by atoms with Crippen LogP contribution in [-0.2, 0) is 11.2 Å². The topological polar surface area (TPSA) is 41.8 Å². The molecule has 0 fully saturated rings. The summed E-state index contributed by atoms with van der Waals surface area (Å²) in [6.07, 6.45) is -1.26. The summed E-state index contributed by atoms with van der Waals surface area (Å²) in [6, 6.07) is 15.3. The number of Topliss-reactive ketones (excluding diaryl/α,β-unsaturated/α-hetero) is 1. The van der Waals surface area contributed by atoms with E-state index in [1.165, 1.54) is 12.3 Å². The van der Waals surface area contributed by atoms with Crippen LogP contribution in [0.2, 0.25) is 5.02 Å². The fraction of sp³-hybridized carbons (Fsp3) is 0.0952. The fourth-order valence-electron chi connectivity index (χ4n) is 2.62. The van der Waals surface area contributed by atoms with E-state index in [1.54, 1.807) is 54.6 Å². The molecule has 0 saturated heterocycles. The second-order valence-corrected chi connectivity index (χ2v) is 6.47. The largest absolute Gasteiger partial charge is 0.420 e. The summed E-state index contributed by atoms with van der Waals surface area (Å²) >= 11 is 5.78. The predicted molar refractivity (Wildman–Crippen MR) is 101 cm³/mol. The molecule has 0 spiro atoms. The molecule has 2 aromatic rings. The minimum Gasteiger partial charge on any atom is -0.289 e. The van der Waals surface area contributed by atoms with Crippen molar-refractivity contribution in [2.24, 2.45) is 10.2 Å². The number of hydrogen-bond acceptors (Lipinski definition) is 3. The third kappa shape index (κ3) is 5.04. The molecule has 0 aliphatic heterocycles. The SMILES string of the molecule is O=C1C(Cc2ccccc2)=CC(=CN=Nc2ccc(Cl)cc2)C=C1C(F)(F)F. The van der Waals surface area contributed by atoms with Gasteiger partial charge in [0.15, 0.2) is 5.78 Å². The van der Waals surface area contributed by atoms with Gasteiger partial charge in [-0.3, -0.25) is 4.79 Å². The average Bonchev–Trinajstić information content (AvgIpc) is 2.65. The molecule has 3 nitrogen and oxygen atoms in total. The van der Waals surface area contributed by atoms with Crippen molar-refractivity contribution < 1.29 is 18.0 Å². The fourth-order valence-corrected chi connectivity index (χ4v) is 2.74. The Hall–Kier alpha value is -2.99. The van der Waals surface area contributed by atoms with Gasteiger partial charge in [0.05, 0.1) is 11.9 Å². The maximum atomic E-state index is 13.3. The quantitative estimate of drug-likeness (QED) is 0.535. The highest BCUT2D eigenvalue weighted by molar-refractivity contribution is 6.30. The Morgan fingerprint density at radius 3 is 2.29 bits per heavy atom. The van der Waals surface area contributed by atoms with Gasteiger partial charge in [-0.2, -0.15) is 23.4 Å². The van der Waals surface area contributed by atoms with Crippen molar-refractivity contribution in [1.82, 2.24) is 0 Å². The molecule has 142 valence electrons. The zero-order chi connectivity index (χ0) is 20.1. The maximum Gasteiger partial charge on any atom is 0.420 e. The molecule has 0 radical (unpaired) electrons. The Labute approximate surface area is 164 Å². The summed E-state index contributed by atoms with van der Waals surface area (Å²) in [4.78, 5) is 12.3. The van der Waals surface area contributed by atoms with Crippen LogP contribution in [0.15, 0.2) is 99.9 Å². The first kappa shape index (κ1) is 19.8. The second kappa shape index (κ2) is 8.35. The first-order valence-electron chi connectivity index (χ1n) is 8.27. The molecule has 2 aromatic carbocycles. The molecular formula is C21H14ClF3N2O. The molecule has 0 amide bonds. The van der Waals surface area contributed by atoms with E-state index in [2.05, 4.69) is 10.2 Å². The molecule has 28 heavy (non-hydrogen) atoms. The van der Waals surface area contributed by atoms with Crippen LogP contribution in [0.4, 0.5) is 18.9 Å². The van der Waals surface area contributed by atoms with Gasteiger partial charge in [-0.15, -0.1) is 0 Å². The zero-order valence-electron chi connectivity index (χ0n) is 14.4. The van der Waals surface area contributed by atoms with Gasteiger partial charge in [0.2, 0.25) is 0 Å². The Morgan fingerprint density at radius 2 is 1.64 bits per heavy atom. The number of hydrogen-bond donors (Lipinski definition) is 0. The van der Waals surface area contributed by atoms with Crippen LogP contribution in [0.5, 0.6) is 0 Å². The third-order valence-corrected chi connectivity index (χ3v) is 4.19. The van der Waals surface area contributed by atoms with Crippen molar-refractivity contribution in [1.29, 1.82) is 0 Å². The monoisotopic (exact) mass is 402 g/mol. The van der Waals surface area contributed by atoms with Crippen molar-refractivity contribution in [3.05, 3.63) is 100 Å². The lowest BCUT2D eigenvalue weighted by Gasteiger charge is -2.17. The molecule has 0 saturated carbocycles. The van der Waals surface area contributed by atoms with E-state index in [4.69, 9.17) is 11.6 Å². The van der Waals surface area contributed by atoms with Crippen LogP contribution in [0.25, 0.3) is 0 Å². The molecule has 7 heteroatoms. The molecule has 0 unspecified atom stereocenters. The predicted octanol–water partition coefficient (Wildman–Crippen LogP) is 6.55. The van der Waals surface area contributed by atoms with Crippen LogP contribution < -0.4 is 0 Å². The third-order valence-electron chi connectivity index (χ3n) is 3.94.